The molecule has 28 heavy (non-hydrogen) atoms. The maximum atomic E-state index is 15.1. The van der Waals surface area contributed by atoms with E-state index in [1.165, 1.54) is 10.6 Å². The molecule has 3 N–H and O–H groups in total. The van der Waals surface area contributed by atoms with E-state index in [2.05, 4.69) is 9.72 Å². The molecule has 4 rings (SSSR count). The lowest BCUT2D eigenvalue weighted by Gasteiger charge is -2.32. The molecule has 0 radical (unpaired) electrons. The number of ether oxygens (including phenoxy) is 1. The molecule has 2 heterocycles. The average Bonchev–Trinajstić information content (AvgIpc) is 3.37. The number of aromatic nitrogens is 2. The highest BCUT2D eigenvalue weighted by Gasteiger charge is 2.42. The van der Waals surface area contributed by atoms with Gasteiger partial charge in [-0.25, -0.2) is 9.18 Å². The Bertz CT molecular complexity index is 1000. The normalized spacial score (nSPS) is 30.6. The molecule has 2 aliphatic carbocycles. The van der Waals surface area contributed by atoms with Gasteiger partial charge >= 0.3 is 12.3 Å². The summed E-state index contributed by atoms with van der Waals surface area (Å²) in [5.74, 6) is -0.347. The molecule has 1 aromatic heterocycles. The van der Waals surface area contributed by atoms with E-state index in [-0.39, 0.29) is 30.3 Å². The fourth-order valence-corrected chi connectivity index (χ4v) is 4.52. The molecule has 3 aliphatic rings. The van der Waals surface area contributed by atoms with Crippen molar-refractivity contribution in [2.45, 2.75) is 50.7 Å². The zero-order chi connectivity index (χ0) is 20.2. The van der Waals surface area contributed by atoms with Crippen molar-refractivity contribution in [2.75, 3.05) is 19.6 Å². The van der Waals surface area contributed by atoms with E-state index < -0.39 is 36.2 Å². The first-order valence-electron chi connectivity index (χ1n) is 9.41. The average molecular weight is 400 g/mol. The first kappa shape index (κ1) is 19.4. The molecule has 2 fully saturated rings. The van der Waals surface area contributed by atoms with Crippen molar-refractivity contribution in [1.29, 1.82) is 0 Å². The Morgan fingerprint density at radius 1 is 1.32 bits per heavy atom. The SMILES string of the molecule is CC1=c2c(c(=O)[nH]c(=O)n2C2CC2)=CC(F)C1N1CC(CN)C(OC(F)F)C1. The van der Waals surface area contributed by atoms with Gasteiger partial charge in [0.15, 0.2) is 0 Å². The summed E-state index contributed by atoms with van der Waals surface area (Å²) in [6, 6.07) is -0.775. The van der Waals surface area contributed by atoms with Gasteiger partial charge in [0.05, 0.1) is 22.7 Å². The van der Waals surface area contributed by atoms with Crippen LogP contribution in [0.4, 0.5) is 13.2 Å². The summed E-state index contributed by atoms with van der Waals surface area (Å²) >= 11 is 0. The molecule has 1 saturated heterocycles. The third-order valence-corrected chi connectivity index (χ3v) is 5.92. The molecular formula is C18H23F3N4O3. The van der Waals surface area contributed by atoms with E-state index in [4.69, 9.17) is 5.73 Å². The van der Waals surface area contributed by atoms with Crippen LogP contribution in [0, 0.1) is 5.92 Å². The predicted molar refractivity (Wildman–Crippen MR) is 96.1 cm³/mol. The first-order valence-corrected chi connectivity index (χ1v) is 9.41. The third-order valence-electron chi connectivity index (χ3n) is 5.92. The quantitative estimate of drug-likeness (QED) is 0.664. The van der Waals surface area contributed by atoms with Crippen LogP contribution in [0.25, 0.3) is 11.6 Å². The smallest absolute Gasteiger partial charge is 0.330 e. The number of hydrogen-bond acceptors (Lipinski definition) is 5. The van der Waals surface area contributed by atoms with E-state index in [0.717, 1.165) is 12.8 Å². The molecule has 0 amide bonds. The van der Waals surface area contributed by atoms with Crippen molar-refractivity contribution in [3.8, 4) is 0 Å². The highest BCUT2D eigenvalue weighted by atomic mass is 19.3. The summed E-state index contributed by atoms with van der Waals surface area (Å²) < 4.78 is 46.7. The van der Waals surface area contributed by atoms with Crippen molar-refractivity contribution in [2.24, 2.45) is 11.7 Å². The minimum Gasteiger partial charge on any atom is -0.330 e. The minimum absolute atomic E-state index is 0.0106. The van der Waals surface area contributed by atoms with Crippen molar-refractivity contribution in [3.05, 3.63) is 31.4 Å². The van der Waals surface area contributed by atoms with Crippen molar-refractivity contribution >= 4 is 11.6 Å². The second kappa shape index (κ2) is 7.16. The van der Waals surface area contributed by atoms with Crippen LogP contribution >= 0.6 is 0 Å². The number of halogens is 3. The van der Waals surface area contributed by atoms with Gasteiger partial charge in [-0.15, -0.1) is 0 Å². The summed E-state index contributed by atoms with van der Waals surface area (Å²) in [5.41, 5.74) is 5.13. The summed E-state index contributed by atoms with van der Waals surface area (Å²) in [6.07, 6.45) is 0.555. The number of alkyl halides is 3. The summed E-state index contributed by atoms with van der Waals surface area (Å²) in [6.45, 7) is -0.684. The maximum Gasteiger partial charge on any atom is 0.345 e. The van der Waals surface area contributed by atoms with Gasteiger partial charge in [0.25, 0.3) is 5.56 Å². The highest BCUT2D eigenvalue weighted by molar-refractivity contribution is 5.56. The van der Waals surface area contributed by atoms with Gasteiger partial charge in [-0.3, -0.25) is 19.2 Å². The Morgan fingerprint density at radius 2 is 2.04 bits per heavy atom. The second-order valence-corrected chi connectivity index (χ2v) is 7.75. The molecule has 0 bridgehead atoms. The number of rotatable bonds is 5. The number of fused-ring (bicyclic) bond motifs is 1. The van der Waals surface area contributed by atoms with Gasteiger partial charge < -0.3 is 10.5 Å². The number of aromatic amines is 1. The monoisotopic (exact) mass is 400 g/mol. The highest BCUT2D eigenvalue weighted by Crippen LogP contribution is 2.33. The van der Waals surface area contributed by atoms with Gasteiger partial charge in [0.2, 0.25) is 0 Å². The van der Waals surface area contributed by atoms with Crippen LogP contribution < -0.4 is 27.6 Å². The number of H-pyrrole nitrogens is 1. The molecule has 0 aromatic carbocycles. The van der Waals surface area contributed by atoms with E-state index in [0.29, 0.717) is 17.5 Å². The van der Waals surface area contributed by atoms with Crippen LogP contribution in [0.2, 0.25) is 0 Å². The molecular weight excluding hydrogens is 377 g/mol. The van der Waals surface area contributed by atoms with Gasteiger partial charge in [0, 0.05) is 25.0 Å². The number of nitrogens with two attached hydrogens (primary N) is 1. The number of hydrogen-bond donors (Lipinski definition) is 2. The van der Waals surface area contributed by atoms with Gasteiger partial charge in [-0.2, -0.15) is 8.78 Å². The van der Waals surface area contributed by atoms with E-state index in [1.807, 2.05) is 0 Å². The van der Waals surface area contributed by atoms with Crippen molar-refractivity contribution in [1.82, 2.24) is 14.5 Å². The second-order valence-electron chi connectivity index (χ2n) is 7.75. The Morgan fingerprint density at radius 3 is 2.64 bits per heavy atom. The van der Waals surface area contributed by atoms with Crippen LogP contribution in [-0.2, 0) is 4.74 Å². The molecule has 1 aliphatic heterocycles. The van der Waals surface area contributed by atoms with Gasteiger partial charge in [0.1, 0.15) is 6.17 Å². The molecule has 10 heteroatoms. The van der Waals surface area contributed by atoms with Crippen LogP contribution in [0.1, 0.15) is 25.8 Å². The molecule has 154 valence electrons. The topological polar surface area (TPSA) is 93.4 Å². The van der Waals surface area contributed by atoms with Gasteiger partial charge in [-0.1, -0.05) is 0 Å². The molecule has 1 aromatic rings. The lowest BCUT2D eigenvalue weighted by molar-refractivity contribution is -0.167. The zero-order valence-electron chi connectivity index (χ0n) is 15.4. The molecule has 0 spiro atoms. The van der Waals surface area contributed by atoms with E-state index in [9.17, 15) is 18.4 Å². The summed E-state index contributed by atoms with van der Waals surface area (Å²) in [7, 11) is 0. The first-order chi connectivity index (χ1) is 13.3. The standard InChI is InChI=1S/C18H23F3N4O3/c1-8-14-11(16(26)23-18(27)25(14)10-2-3-10)4-12(19)15(8)24-6-9(5-22)13(7-24)28-17(20)21/h4,9-10,12-13,15,17H,2-3,5-7,22H2,1H3,(H,23,26,27). The molecule has 1 saturated carbocycles. The third kappa shape index (κ3) is 3.23. The Balaban J connectivity index is 1.79. The van der Waals surface area contributed by atoms with Crippen molar-refractivity contribution < 1.29 is 17.9 Å². The molecule has 4 atom stereocenters. The van der Waals surface area contributed by atoms with E-state index in [1.54, 1.807) is 11.8 Å². The largest absolute Gasteiger partial charge is 0.345 e. The van der Waals surface area contributed by atoms with Crippen LogP contribution in [-0.4, -0.2) is 59.0 Å². The fourth-order valence-electron chi connectivity index (χ4n) is 4.52. The lowest BCUT2D eigenvalue weighted by atomic mass is 9.95. The summed E-state index contributed by atoms with van der Waals surface area (Å²) in [4.78, 5) is 28.6. The van der Waals surface area contributed by atoms with Crippen molar-refractivity contribution in [3.63, 3.8) is 0 Å². The van der Waals surface area contributed by atoms with Gasteiger partial charge in [-0.05, 0) is 38.0 Å². The zero-order valence-corrected chi connectivity index (χ0v) is 15.4. The molecule has 7 nitrogen and oxygen atoms in total. The Kier molecular flexibility index (Phi) is 4.96. The maximum absolute atomic E-state index is 15.1. The minimum atomic E-state index is -2.93. The van der Waals surface area contributed by atoms with Crippen LogP contribution in [0.3, 0.4) is 0 Å². The number of likely N-dealkylation sites (tertiary alicyclic amines) is 1. The predicted octanol–water partition coefficient (Wildman–Crippen LogP) is -0.959. The Labute approximate surface area is 158 Å². The number of nitrogens with one attached hydrogen (secondary N) is 1. The van der Waals surface area contributed by atoms with E-state index >= 15 is 4.39 Å². The fraction of sp³-hybridized carbons (Fsp3) is 0.667. The lowest BCUT2D eigenvalue weighted by Crippen LogP contribution is -2.60. The number of nitrogens with zero attached hydrogens (tertiary/aromatic N) is 2. The van der Waals surface area contributed by atoms with Crippen LogP contribution in [0.5, 0.6) is 0 Å². The summed E-state index contributed by atoms with van der Waals surface area (Å²) in [5, 5.41) is 0.598. The van der Waals surface area contributed by atoms with Crippen LogP contribution in [0.15, 0.2) is 9.59 Å². The molecule has 4 unspecified atom stereocenters. The Hall–Kier alpha value is -1.91.